The van der Waals surface area contributed by atoms with Crippen molar-refractivity contribution in [3.63, 3.8) is 0 Å². The van der Waals surface area contributed by atoms with E-state index in [9.17, 15) is 22.8 Å². The van der Waals surface area contributed by atoms with E-state index >= 15 is 0 Å². The number of nitrogens with one attached hydrogen (secondary N) is 2. The number of aromatic nitrogens is 4. The summed E-state index contributed by atoms with van der Waals surface area (Å²) in [5.74, 6) is -4.11. The van der Waals surface area contributed by atoms with E-state index in [0.717, 1.165) is 21.5 Å². The van der Waals surface area contributed by atoms with Gasteiger partial charge in [-0.3, -0.25) is 4.57 Å². The number of rotatable bonds is 6. The second-order valence-corrected chi connectivity index (χ2v) is 10.9. The topological polar surface area (TPSA) is 97.1 Å². The van der Waals surface area contributed by atoms with Gasteiger partial charge in [0.2, 0.25) is 5.95 Å². The lowest BCUT2D eigenvalue weighted by molar-refractivity contribution is 0.349. The molecule has 0 saturated carbocycles. The average molecular weight is 605 g/mol. The Labute approximate surface area is 231 Å². The van der Waals surface area contributed by atoms with E-state index in [1.807, 2.05) is 6.20 Å². The molecule has 3 heterocycles. The van der Waals surface area contributed by atoms with Gasteiger partial charge in [0.15, 0.2) is 16.1 Å². The van der Waals surface area contributed by atoms with Crippen LogP contribution in [0.1, 0.15) is 11.3 Å². The van der Waals surface area contributed by atoms with Crippen LogP contribution < -0.4 is 22.1 Å². The van der Waals surface area contributed by atoms with Crippen molar-refractivity contribution >= 4 is 52.1 Å². The van der Waals surface area contributed by atoms with Crippen LogP contribution in [0.4, 0.5) is 19.1 Å². The maximum absolute atomic E-state index is 14.5. The zero-order valence-corrected chi connectivity index (χ0v) is 22.2. The molecule has 0 amide bonds. The quantitative estimate of drug-likeness (QED) is 0.413. The minimum atomic E-state index is -1.39. The molecular weight excluding hydrogens is 590 g/mol. The van der Waals surface area contributed by atoms with E-state index < -0.39 is 35.4 Å². The molecule has 0 bridgehead atoms. The molecule has 0 radical (unpaired) electrons. The van der Waals surface area contributed by atoms with Gasteiger partial charge in [0.05, 0.1) is 35.6 Å². The summed E-state index contributed by atoms with van der Waals surface area (Å²) >= 11 is 19.3. The predicted octanol–water partition coefficient (Wildman–Crippen LogP) is 3.82. The SMILES string of the molecule is CN1C=C2C=C(Nc3nc(=O)n(Cc4nc(Cl)sc4Cl)c(=O)n3Cc3cc(F)c(F)cc3F)C(Cl)=CC2N1. The maximum atomic E-state index is 14.5. The summed E-state index contributed by atoms with van der Waals surface area (Å²) in [6, 6.07) is 0.797. The third-order valence-corrected chi connectivity index (χ3v) is 7.44. The number of hydrogen-bond donors (Lipinski definition) is 2. The average Bonchev–Trinajstić information content (AvgIpc) is 3.36. The van der Waals surface area contributed by atoms with Crippen LogP contribution >= 0.6 is 46.1 Å². The summed E-state index contributed by atoms with van der Waals surface area (Å²) in [5.41, 5.74) is 2.11. The monoisotopic (exact) mass is 603 g/mol. The molecule has 5 rings (SSSR count). The summed E-state index contributed by atoms with van der Waals surface area (Å²) in [4.78, 5) is 34.4. The Morgan fingerprint density at radius 2 is 1.79 bits per heavy atom. The number of fused-ring (bicyclic) bond motifs is 1. The molecule has 1 aromatic carbocycles. The first-order chi connectivity index (χ1) is 18.0. The Morgan fingerprint density at radius 1 is 1.05 bits per heavy atom. The number of nitrogens with zero attached hydrogens (tertiary/aromatic N) is 5. The van der Waals surface area contributed by atoms with Crippen LogP contribution in [0, 0.1) is 17.5 Å². The molecular formula is C22H15Cl3F3N7O2S. The molecule has 198 valence electrons. The molecule has 0 spiro atoms. The number of hydrogen-bond acceptors (Lipinski definition) is 8. The van der Waals surface area contributed by atoms with E-state index in [0.29, 0.717) is 22.4 Å². The van der Waals surface area contributed by atoms with E-state index in [-0.39, 0.29) is 43.6 Å². The number of hydrazine groups is 1. The van der Waals surface area contributed by atoms with Gasteiger partial charge in [0, 0.05) is 24.9 Å². The molecule has 0 saturated heterocycles. The van der Waals surface area contributed by atoms with Crippen molar-refractivity contribution in [3.05, 3.63) is 105 Å². The molecule has 1 atom stereocenters. The molecule has 1 aliphatic heterocycles. The summed E-state index contributed by atoms with van der Waals surface area (Å²) in [5, 5.41) is 4.83. The highest BCUT2D eigenvalue weighted by atomic mass is 35.5. The Kier molecular flexibility index (Phi) is 7.13. The third-order valence-electron chi connectivity index (χ3n) is 5.67. The largest absolute Gasteiger partial charge is 0.355 e. The number of anilines is 1. The highest BCUT2D eigenvalue weighted by molar-refractivity contribution is 7.19. The molecule has 38 heavy (non-hydrogen) atoms. The standard InChI is InChI=1S/C22H15Cl3F3N7O2S/c1-33-6-10-3-16(11(23)4-15(10)32-33)30-20-31-21(36)35(8-17-18(24)38-19(25)29-17)22(37)34(20)7-9-2-13(27)14(28)5-12(9)26/h2-6,15,32H,7-8H2,1H3,(H,30,31,36). The first-order valence-corrected chi connectivity index (χ1v) is 12.7. The lowest BCUT2D eigenvalue weighted by atomic mass is 10.0. The van der Waals surface area contributed by atoms with Gasteiger partial charge in [0.25, 0.3) is 0 Å². The Balaban J connectivity index is 1.61. The van der Waals surface area contributed by atoms with Crippen molar-refractivity contribution in [2.45, 2.75) is 19.1 Å². The van der Waals surface area contributed by atoms with Gasteiger partial charge < -0.3 is 10.3 Å². The smallest absolute Gasteiger partial charge is 0.324 e. The van der Waals surface area contributed by atoms with Crippen LogP contribution in [0.15, 0.2) is 56.4 Å². The minimum Gasteiger partial charge on any atom is -0.324 e. The summed E-state index contributed by atoms with van der Waals surface area (Å²) in [6.45, 7) is -0.990. The zero-order chi connectivity index (χ0) is 27.3. The number of allylic oxidation sites excluding steroid dienone is 1. The Bertz CT molecular complexity index is 1680. The van der Waals surface area contributed by atoms with Crippen LogP contribution in [-0.4, -0.2) is 37.2 Å². The fourth-order valence-electron chi connectivity index (χ4n) is 3.89. The van der Waals surface area contributed by atoms with Crippen LogP contribution in [0.2, 0.25) is 8.80 Å². The van der Waals surface area contributed by atoms with Crippen LogP contribution in [0.5, 0.6) is 0 Å². The van der Waals surface area contributed by atoms with Gasteiger partial charge in [-0.2, -0.15) is 4.98 Å². The van der Waals surface area contributed by atoms with Gasteiger partial charge in [-0.25, -0.2) is 37.7 Å². The minimum absolute atomic E-state index is 0.0961. The van der Waals surface area contributed by atoms with Crippen molar-refractivity contribution in [3.8, 4) is 0 Å². The molecule has 2 aliphatic rings. The second-order valence-electron chi connectivity index (χ2n) is 8.26. The molecule has 3 aromatic rings. The fraction of sp³-hybridized carbons (Fsp3) is 0.182. The Morgan fingerprint density at radius 3 is 2.50 bits per heavy atom. The first kappa shape index (κ1) is 26.5. The van der Waals surface area contributed by atoms with Crippen molar-refractivity contribution in [2.24, 2.45) is 0 Å². The molecule has 2 N–H and O–H groups in total. The van der Waals surface area contributed by atoms with E-state index in [1.165, 1.54) is 0 Å². The van der Waals surface area contributed by atoms with Gasteiger partial charge in [-0.05, 0) is 23.8 Å². The van der Waals surface area contributed by atoms with E-state index in [4.69, 9.17) is 34.8 Å². The summed E-state index contributed by atoms with van der Waals surface area (Å²) in [7, 11) is 1.80. The first-order valence-electron chi connectivity index (χ1n) is 10.7. The molecule has 1 aliphatic carbocycles. The zero-order valence-electron chi connectivity index (χ0n) is 19.1. The van der Waals surface area contributed by atoms with Crippen LogP contribution in [0.3, 0.4) is 0 Å². The predicted molar refractivity (Wildman–Crippen MR) is 138 cm³/mol. The number of thiazole rings is 1. The van der Waals surface area contributed by atoms with Crippen molar-refractivity contribution in [2.75, 3.05) is 12.4 Å². The Hall–Kier alpha value is -3.10. The fourth-order valence-corrected chi connectivity index (χ4v) is 5.43. The maximum Gasteiger partial charge on any atom is 0.355 e. The molecule has 16 heteroatoms. The number of benzene rings is 1. The highest BCUT2D eigenvalue weighted by Crippen LogP contribution is 2.30. The van der Waals surface area contributed by atoms with E-state index in [2.05, 4.69) is 20.7 Å². The summed E-state index contributed by atoms with van der Waals surface area (Å²) < 4.78 is 43.8. The van der Waals surface area contributed by atoms with Crippen molar-refractivity contribution < 1.29 is 13.2 Å². The van der Waals surface area contributed by atoms with Gasteiger partial charge >= 0.3 is 11.4 Å². The van der Waals surface area contributed by atoms with Crippen molar-refractivity contribution in [1.82, 2.24) is 29.5 Å². The van der Waals surface area contributed by atoms with Gasteiger partial charge in [0.1, 0.15) is 10.2 Å². The third kappa shape index (κ3) is 5.12. The van der Waals surface area contributed by atoms with Gasteiger partial charge in [-0.1, -0.05) is 46.1 Å². The lowest BCUT2D eigenvalue weighted by Gasteiger charge is -2.21. The van der Waals surface area contributed by atoms with E-state index in [1.54, 1.807) is 24.2 Å². The molecule has 0 fully saturated rings. The van der Waals surface area contributed by atoms with Crippen molar-refractivity contribution in [1.29, 1.82) is 0 Å². The second kappa shape index (κ2) is 10.2. The lowest BCUT2D eigenvalue weighted by Crippen LogP contribution is -2.43. The normalized spacial score (nSPS) is 16.8. The van der Waals surface area contributed by atoms with Crippen LogP contribution in [-0.2, 0) is 13.1 Å². The molecule has 2 aromatic heterocycles. The number of halogens is 6. The molecule has 1 unspecified atom stereocenters. The van der Waals surface area contributed by atoms with Crippen LogP contribution in [0.25, 0.3) is 0 Å². The molecule has 9 nitrogen and oxygen atoms in total. The van der Waals surface area contributed by atoms with Gasteiger partial charge in [-0.15, -0.1) is 0 Å². The highest BCUT2D eigenvalue weighted by Gasteiger charge is 2.26. The summed E-state index contributed by atoms with van der Waals surface area (Å²) in [6.07, 6.45) is 5.19.